The standard InChI is InChI=1S/C19H24N2O4/c1-13-11-21(12-15(13)20-6-8-24-9-7-20)19(22)17-10-14-4-3-5-16(23-2)18(14)25-17/h3-5,10,13,15H,6-9,11-12H2,1-2H3/t13-,15+/m0/s1. The van der Waals surface area contributed by atoms with Gasteiger partial charge in [-0.15, -0.1) is 0 Å². The van der Waals surface area contributed by atoms with Crippen molar-refractivity contribution in [3.63, 3.8) is 0 Å². The number of carbonyl (C=O) groups is 1. The zero-order valence-corrected chi connectivity index (χ0v) is 14.7. The molecule has 2 atom stereocenters. The van der Waals surface area contributed by atoms with Crippen LogP contribution >= 0.6 is 0 Å². The molecule has 4 rings (SSSR count). The van der Waals surface area contributed by atoms with E-state index in [-0.39, 0.29) is 5.91 Å². The molecule has 2 aromatic rings. The van der Waals surface area contributed by atoms with Crippen molar-refractivity contribution in [1.82, 2.24) is 9.80 Å². The lowest BCUT2D eigenvalue weighted by Gasteiger charge is -2.33. The summed E-state index contributed by atoms with van der Waals surface area (Å²) in [4.78, 5) is 17.3. The minimum Gasteiger partial charge on any atom is -0.493 e. The Labute approximate surface area is 147 Å². The third-order valence-corrected chi connectivity index (χ3v) is 5.31. The van der Waals surface area contributed by atoms with Crippen molar-refractivity contribution in [2.75, 3.05) is 46.5 Å². The van der Waals surface area contributed by atoms with Gasteiger partial charge in [0.1, 0.15) is 0 Å². The van der Waals surface area contributed by atoms with Crippen LogP contribution in [0.5, 0.6) is 5.75 Å². The molecule has 2 saturated heterocycles. The summed E-state index contributed by atoms with van der Waals surface area (Å²) in [6, 6.07) is 7.88. The van der Waals surface area contributed by atoms with Gasteiger partial charge in [-0.05, 0) is 18.1 Å². The first-order valence-electron chi connectivity index (χ1n) is 8.85. The highest BCUT2D eigenvalue weighted by atomic mass is 16.5. The molecule has 3 heterocycles. The molecular formula is C19H24N2O4. The fraction of sp³-hybridized carbons (Fsp3) is 0.526. The number of furan rings is 1. The third kappa shape index (κ3) is 3.00. The number of likely N-dealkylation sites (tertiary alicyclic amines) is 1. The van der Waals surface area contributed by atoms with Crippen LogP contribution in [-0.2, 0) is 4.74 Å². The number of hydrogen-bond donors (Lipinski definition) is 0. The Morgan fingerprint density at radius 3 is 2.80 bits per heavy atom. The van der Waals surface area contributed by atoms with Crippen molar-refractivity contribution in [3.8, 4) is 5.75 Å². The van der Waals surface area contributed by atoms with Crippen LogP contribution < -0.4 is 4.74 Å². The lowest BCUT2D eigenvalue weighted by molar-refractivity contribution is 0.0119. The minimum absolute atomic E-state index is 0.0409. The van der Waals surface area contributed by atoms with Crippen LogP contribution in [0.2, 0.25) is 0 Å². The highest BCUT2D eigenvalue weighted by Gasteiger charge is 2.37. The van der Waals surface area contributed by atoms with Gasteiger partial charge in [0.05, 0.1) is 20.3 Å². The van der Waals surface area contributed by atoms with Gasteiger partial charge in [-0.2, -0.15) is 0 Å². The Morgan fingerprint density at radius 1 is 1.24 bits per heavy atom. The van der Waals surface area contributed by atoms with Crippen molar-refractivity contribution in [2.24, 2.45) is 5.92 Å². The van der Waals surface area contributed by atoms with Crippen LogP contribution in [0, 0.1) is 5.92 Å². The predicted octanol–water partition coefficient (Wildman–Crippen LogP) is 2.23. The van der Waals surface area contributed by atoms with Crippen molar-refractivity contribution in [3.05, 3.63) is 30.0 Å². The van der Waals surface area contributed by atoms with E-state index in [2.05, 4.69) is 11.8 Å². The molecule has 2 aliphatic heterocycles. The lowest BCUT2D eigenvalue weighted by Crippen LogP contribution is -2.47. The summed E-state index contributed by atoms with van der Waals surface area (Å²) < 4.78 is 16.6. The number of benzene rings is 1. The third-order valence-electron chi connectivity index (χ3n) is 5.31. The topological polar surface area (TPSA) is 55.2 Å². The van der Waals surface area contributed by atoms with E-state index in [4.69, 9.17) is 13.9 Å². The van der Waals surface area contributed by atoms with Gasteiger partial charge in [-0.3, -0.25) is 9.69 Å². The van der Waals surface area contributed by atoms with Gasteiger partial charge in [0, 0.05) is 37.6 Å². The summed E-state index contributed by atoms with van der Waals surface area (Å²) in [7, 11) is 1.61. The van der Waals surface area contributed by atoms with Crippen LogP contribution in [-0.4, -0.2) is 68.3 Å². The van der Waals surface area contributed by atoms with E-state index in [0.29, 0.717) is 29.1 Å². The number of amides is 1. The van der Waals surface area contributed by atoms with Gasteiger partial charge in [0.15, 0.2) is 17.1 Å². The molecule has 134 valence electrons. The lowest BCUT2D eigenvalue weighted by atomic mass is 10.0. The fourth-order valence-electron chi connectivity index (χ4n) is 3.96. The monoisotopic (exact) mass is 344 g/mol. The molecule has 2 fully saturated rings. The maximum atomic E-state index is 12.9. The minimum atomic E-state index is -0.0409. The van der Waals surface area contributed by atoms with E-state index in [1.54, 1.807) is 7.11 Å². The van der Waals surface area contributed by atoms with Crippen molar-refractivity contribution in [1.29, 1.82) is 0 Å². The van der Waals surface area contributed by atoms with Gasteiger partial charge < -0.3 is 18.8 Å². The van der Waals surface area contributed by atoms with Crippen LogP contribution in [0.3, 0.4) is 0 Å². The molecule has 2 aliphatic rings. The van der Waals surface area contributed by atoms with Crippen LogP contribution in [0.25, 0.3) is 11.0 Å². The number of ether oxygens (including phenoxy) is 2. The molecule has 0 N–H and O–H groups in total. The zero-order chi connectivity index (χ0) is 17.4. The van der Waals surface area contributed by atoms with Crippen molar-refractivity contribution < 1.29 is 18.7 Å². The maximum absolute atomic E-state index is 12.9. The second-order valence-corrected chi connectivity index (χ2v) is 6.89. The fourth-order valence-corrected chi connectivity index (χ4v) is 3.96. The molecule has 0 saturated carbocycles. The SMILES string of the molecule is COc1cccc2cc(C(=O)N3C[C@@H](N4CCOCC4)[C@@H](C)C3)oc12. The van der Waals surface area contributed by atoms with Gasteiger partial charge in [0.2, 0.25) is 0 Å². The molecule has 0 unspecified atom stereocenters. The maximum Gasteiger partial charge on any atom is 0.289 e. The first kappa shape index (κ1) is 16.4. The molecule has 6 heteroatoms. The number of carbonyl (C=O) groups excluding carboxylic acids is 1. The van der Waals surface area contributed by atoms with E-state index < -0.39 is 0 Å². The van der Waals surface area contributed by atoms with Crippen LogP contribution in [0.4, 0.5) is 0 Å². The van der Waals surface area contributed by atoms with Crippen molar-refractivity contribution >= 4 is 16.9 Å². The molecule has 0 bridgehead atoms. The Kier molecular flexibility index (Phi) is 4.39. The number of nitrogens with zero attached hydrogens (tertiary/aromatic N) is 2. The second kappa shape index (κ2) is 6.69. The molecule has 1 aromatic heterocycles. The molecule has 1 aromatic carbocycles. The molecule has 0 spiro atoms. The highest BCUT2D eigenvalue weighted by Crippen LogP contribution is 2.30. The van der Waals surface area contributed by atoms with E-state index >= 15 is 0 Å². The quantitative estimate of drug-likeness (QED) is 0.855. The van der Waals surface area contributed by atoms with E-state index in [1.807, 2.05) is 29.2 Å². The Hall–Kier alpha value is -2.05. The van der Waals surface area contributed by atoms with E-state index in [1.165, 1.54) is 0 Å². The van der Waals surface area contributed by atoms with Crippen LogP contribution in [0.1, 0.15) is 17.5 Å². The van der Waals surface area contributed by atoms with E-state index in [9.17, 15) is 4.79 Å². The number of methoxy groups -OCH3 is 1. The number of morpholine rings is 1. The average molecular weight is 344 g/mol. The molecule has 0 radical (unpaired) electrons. The molecule has 1 amide bonds. The smallest absolute Gasteiger partial charge is 0.289 e. The Bertz CT molecular complexity index is 766. The first-order chi connectivity index (χ1) is 12.2. The molecule has 6 nitrogen and oxygen atoms in total. The predicted molar refractivity (Wildman–Crippen MR) is 94.0 cm³/mol. The number of para-hydroxylation sites is 1. The highest BCUT2D eigenvalue weighted by molar-refractivity contribution is 5.97. The van der Waals surface area contributed by atoms with Crippen LogP contribution in [0.15, 0.2) is 28.7 Å². The summed E-state index contributed by atoms with van der Waals surface area (Å²) >= 11 is 0. The zero-order valence-electron chi connectivity index (χ0n) is 14.7. The normalized spacial score (nSPS) is 24.8. The summed E-state index contributed by atoms with van der Waals surface area (Å²) in [5.41, 5.74) is 0.630. The largest absolute Gasteiger partial charge is 0.493 e. The van der Waals surface area contributed by atoms with Gasteiger partial charge >= 0.3 is 0 Å². The van der Waals surface area contributed by atoms with Gasteiger partial charge in [0.25, 0.3) is 5.91 Å². The summed E-state index contributed by atoms with van der Waals surface area (Å²) in [5.74, 6) is 1.44. The Balaban J connectivity index is 1.53. The van der Waals surface area contributed by atoms with Gasteiger partial charge in [-0.25, -0.2) is 0 Å². The summed E-state index contributed by atoms with van der Waals surface area (Å²) in [6.45, 7) is 7.16. The summed E-state index contributed by atoms with van der Waals surface area (Å²) in [6.07, 6.45) is 0. The second-order valence-electron chi connectivity index (χ2n) is 6.89. The van der Waals surface area contributed by atoms with Gasteiger partial charge in [-0.1, -0.05) is 19.1 Å². The first-order valence-corrected chi connectivity index (χ1v) is 8.85. The number of fused-ring (bicyclic) bond motifs is 1. The number of rotatable bonds is 3. The number of hydrogen-bond acceptors (Lipinski definition) is 5. The Morgan fingerprint density at radius 2 is 2.04 bits per heavy atom. The molecule has 25 heavy (non-hydrogen) atoms. The van der Waals surface area contributed by atoms with E-state index in [0.717, 1.165) is 44.8 Å². The van der Waals surface area contributed by atoms with Crippen molar-refractivity contribution in [2.45, 2.75) is 13.0 Å². The molecule has 0 aliphatic carbocycles. The average Bonchev–Trinajstić information content (AvgIpc) is 3.25. The summed E-state index contributed by atoms with van der Waals surface area (Å²) in [5, 5.41) is 0.889. The molecular weight excluding hydrogens is 320 g/mol.